The summed E-state index contributed by atoms with van der Waals surface area (Å²) >= 11 is 1.80. The number of aromatic nitrogens is 5. The molecule has 0 aliphatic carbocycles. The Bertz CT molecular complexity index is 4600. The van der Waals surface area contributed by atoms with Gasteiger partial charge in [0.15, 0.2) is 11.6 Å². The molecule has 0 fully saturated rings. The van der Waals surface area contributed by atoms with E-state index in [2.05, 4.69) is 215 Å². The lowest BCUT2D eigenvalue weighted by atomic mass is 9.99. The third-order valence-electron chi connectivity index (χ3n) is 14.0. The second kappa shape index (κ2) is 15.2. The van der Waals surface area contributed by atoms with E-state index in [-0.39, 0.29) is 0 Å². The Labute approximate surface area is 404 Å². The fourth-order valence-corrected chi connectivity index (χ4v) is 11.9. The van der Waals surface area contributed by atoms with Crippen molar-refractivity contribution >= 4 is 97.1 Å². The van der Waals surface area contributed by atoms with Gasteiger partial charge in [0.25, 0.3) is 0 Å². The molecule has 15 rings (SSSR count). The minimum Gasteiger partial charge on any atom is -0.456 e. The maximum absolute atomic E-state index is 6.43. The van der Waals surface area contributed by atoms with E-state index in [0.717, 1.165) is 88.0 Å². The van der Waals surface area contributed by atoms with Crippen LogP contribution in [0.3, 0.4) is 0 Å². The molecule has 0 saturated heterocycles. The summed E-state index contributed by atoms with van der Waals surface area (Å²) in [6.45, 7) is 0. The zero-order valence-electron chi connectivity index (χ0n) is 37.4. The summed E-state index contributed by atoms with van der Waals surface area (Å²) < 4.78 is 13.4. The van der Waals surface area contributed by atoms with Crippen LogP contribution in [0.5, 0.6) is 0 Å². The third-order valence-corrected chi connectivity index (χ3v) is 15.1. The molecular formula is C63H37N5OS. The molecular weight excluding hydrogens is 875 g/mol. The maximum Gasteiger partial charge on any atom is 0.238 e. The van der Waals surface area contributed by atoms with Crippen molar-refractivity contribution in [2.75, 3.05) is 0 Å². The highest BCUT2D eigenvalue weighted by atomic mass is 32.1. The first-order valence-corrected chi connectivity index (χ1v) is 24.3. The zero-order valence-corrected chi connectivity index (χ0v) is 38.2. The Morgan fingerprint density at radius 1 is 0.329 bits per heavy atom. The number of hydrogen-bond donors (Lipinski definition) is 0. The van der Waals surface area contributed by atoms with Gasteiger partial charge in [-0.3, -0.25) is 4.57 Å². The van der Waals surface area contributed by atoms with Crippen LogP contribution >= 0.6 is 11.3 Å². The lowest BCUT2D eigenvalue weighted by Crippen LogP contribution is -2.06. The lowest BCUT2D eigenvalue weighted by Gasteiger charge is -2.12. The Hall–Kier alpha value is -9.17. The first-order chi connectivity index (χ1) is 34.7. The van der Waals surface area contributed by atoms with Crippen molar-refractivity contribution < 1.29 is 4.42 Å². The summed E-state index contributed by atoms with van der Waals surface area (Å²) in [6, 6.07) is 79.8. The summed E-state index contributed by atoms with van der Waals surface area (Å²) in [6.07, 6.45) is 0. The van der Waals surface area contributed by atoms with Gasteiger partial charge in [-0.25, -0.2) is 4.98 Å². The van der Waals surface area contributed by atoms with Crippen LogP contribution < -0.4 is 0 Å². The maximum atomic E-state index is 6.43. The normalized spacial score (nSPS) is 12.0. The smallest absolute Gasteiger partial charge is 0.238 e. The standard InChI is InChI=1S/C63H37N5OS/c1-3-14-38(15-4-1)39-27-32-55-50(34-39)45-19-8-11-23-53(45)68(55)63-65-61(42-26-30-47-46-20-9-12-24-56(46)69-57(47)37-42)64-62(66-63)48-21-13-25-59-60(48)51-36-41(29-33-58(51)70-59)40-28-31-54-49(35-40)44-18-7-10-22-52(44)67(54)43-16-5-2-6-17-43/h1-37H. The summed E-state index contributed by atoms with van der Waals surface area (Å²) in [7, 11) is 0. The number of hydrogen-bond acceptors (Lipinski definition) is 5. The van der Waals surface area contributed by atoms with Gasteiger partial charge >= 0.3 is 0 Å². The number of fused-ring (bicyclic) bond motifs is 12. The minimum atomic E-state index is 0.545. The molecule has 10 aromatic carbocycles. The average molecular weight is 912 g/mol. The van der Waals surface area contributed by atoms with E-state index in [1.165, 1.54) is 36.8 Å². The highest BCUT2D eigenvalue weighted by molar-refractivity contribution is 7.26. The number of nitrogens with zero attached hydrogens (tertiary/aromatic N) is 5. The molecule has 0 saturated carbocycles. The zero-order chi connectivity index (χ0) is 45.9. The molecule has 7 heteroatoms. The lowest BCUT2D eigenvalue weighted by molar-refractivity contribution is 0.669. The van der Waals surface area contributed by atoms with Gasteiger partial charge in [-0.2, -0.15) is 9.97 Å². The Balaban J connectivity index is 0.943. The van der Waals surface area contributed by atoms with Gasteiger partial charge in [-0.15, -0.1) is 11.3 Å². The molecule has 0 unspecified atom stereocenters. The highest BCUT2D eigenvalue weighted by Crippen LogP contribution is 2.43. The molecule has 0 spiro atoms. The van der Waals surface area contributed by atoms with Gasteiger partial charge < -0.3 is 8.98 Å². The van der Waals surface area contributed by atoms with Crippen molar-refractivity contribution in [1.82, 2.24) is 24.1 Å². The predicted octanol–water partition coefficient (Wildman–Crippen LogP) is 17.0. The van der Waals surface area contributed by atoms with E-state index >= 15 is 0 Å². The van der Waals surface area contributed by atoms with Crippen molar-refractivity contribution in [3.63, 3.8) is 0 Å². The second-order valence-electron chi connectivity index (χ2n) is 18.0. The first-order valence-electron chi connectivity index (χ1n) is 23.5. The van der Waals surface area contributed by atoms with Gasteiger partial charge in [-0.1, -0.05) is 140 Å². The van der Waals surface area contributed by atoms with Crippen LogP contribution in [0, 0.1) is 0 Å². The SMILES string of the molecule is c1ccc(-c2ccc3c(c2)c2ccccc2n3-c2nc(-c3ccc4c(c3)oc3ccccc34)nc(-c3cccc4sc5ccc(-c6ccc7c(c6)c6ccccc6n7-c6ccccc6)cc5c34)n2)cc1. The van der Waals surface area contributed by atoms with E-state index in [4.69, 9.17) is 19.4 Å². The molecule has 0 radical (unpaired) electrons. The molecule has 0 atom stereocenters. The van der Waals surface area contributed by atoms with E-state index in [1.54, 1.807) is 11.3 Å². The Kier molecular flexibility index (Phi) is 8.43. The molecule has 0 aliphatic heterocycles. The number of furan rings is 1. The van der Waals surface area contributed by atoms with Gasteiger partial charge in [0.2, 0.25) is 5.95 Å². The largest absolute Gasteiger partial charge is 0.456 e. The van der Waals surface area contributed by atoms with Gasteiger partial charge in [-0.05, 0) is 107 Å². The number of benzene rings is 10. The number of rotatable bonds is 6. The summed E-state index contributed by atoms with van der Waals surface area (Å²) in [4.78, 5) is 16.2. The van der Waals surface area contributed by atoms with Crippen molar-refractivity contribution in [3.8, 4) is 56.7 Å². The van der Waals surface area contributed by atoms with Crippen LogP contribution in [0.25, 0.3) is 142 Å². The average Bonchev–Trinajstić information content (AvgIpc) is 4.18. The molecule has 6 nitrogen and oxygen atoms in total. The van der Waals surface area contributed by atoms with Crippen molar-refractivity contribution in [2.45, 2.75) is 0 Å². The molecule has 0 aliphatic rings. The van der Waals surface area contributed by atoms with Crippen LogP contribution in [-0.4, -0.2) is 24.1 Å². The summed E-state index contributed by atoms with van der Waals surface area (Å²) in [5, 5.41) is 9.13. The Morgan fingerprint density at radius 3 is 1.67 bits per heavy atom. The van der Waals surface area contributed by atoms with Gasteiger partial charge in [0, 0.05) is 69.3 Å². The fourth-order valence-electron chi connectivity index (χ4n) is 10.8. The van der Waals surface area contributed by atoms with Crippen molar-refractivity contribution in [3.05, 3.63) is 224 Å². The summed E-state index contributed by atoms with van der Waals surface area (Å²) in [5.41, 5.74) is 13.6. The van der Waals surface area contributed by atoms with E-state index in [9.17, 15) is 0 Å². The van der Waals surface area contributed by atoms with Crippen LogP contribution in [-0.2, 0) is 0 Å². The molecule has 5 aromatic heterocycles. The van der Waals surface area contributed by atoms with Crippen LogP contribution in [0.15, 0.2) is 229 Å². The highest BCUT2D eigenvalue weighted by Gasteiger charge is 2.22. The molecule has 326 valence electrons. The van der Waals surface area contributed by atoms with E-state index in [1.807, 2.05) is 18.2 Å². The van der Waals surface area contributed by atoms with Crippen LogP contribution in [0.2, 0.25) is 0 Å². The van der Waals surface area contributed by atoms with E-state index in [0.29, 0.717) is 17.6 Å². The predicted molar refractivity (Wildman–Crippen MR) is 290 cm³/mol. The Morgan fingerprint density at radius 2 is 0.900 bits per heavy atom. The fraction of sp³-hybridized carbons (Fsp3) is 0. The third kappa shape index (κ3) is 5.95. The van der Waals surface area contributed by atoms with Crippen molar-refractivity contribution in [2.24, 2.45) is 0 Å². The minimum absolute atomic E-state index is 0.545. The van der Waals surface area contributed by atoms with E-state index < -0.39 is 0 Å². The van der Waals surface area contributed by atoms with Gasteiger partial charge in [0.1, 0.15) is 11.2 Å². The molecule has 0 N–H and O–H groups in total. The van der Waals surface area contributed by atoms with Crippen LogP contribution in [0.4, 0.5) is 0 Å². The topological polar surface area (TPSA) is 61.7 Å². The summed E-state index contributed by atoms with van der Waals surface area (Å²) in [5.74, 6) is 1.71. The molecule has 0 amide bonds. The monoisotopic (exact) mass is 911 g/mol. The van der Waals surface area contributed by atoms with Crippen molar-refractivity contribution in [1.29, 1.82) is 0 Å². The van der Waals surface area contributed by atoms with Crippen LogP contribution in [0.1, 0.15) is 0 Å². The second-order valence-corrected chi connectivity index (χ2v) is 19.0. The first kappa shape index (κ1) is 38.9. The molecule has 0 bridgehead atoms. The molecule has 5 heterocycles. The number of para-hydroxylation sites is 4. The number of thiophene rings is 1. The molecule has 70 heavy (non-hydrogen) atoms. The molecule has 15 aromatic rings. The van der Waals surface area contributed by atoms with Gasteiger partial charge in [0.05, 0.1) is 22.1 Å². The quantitative estimate of drug-likeness (QED) is 0.167.